The summed E-state index contributed by atoms with van der Waals surface area (Å²) in [7, 11) is 0. The minimum Gasteiger partial charge on any atom is -0.290 e. The second-order valence-corrected chi connectivity index (χ2v) is 7.83. The molecule has 0 bridgehead atoms. The summed E-state index contributed by atoms with van der Waals surface area (Å²) >= 11 is 0. The van der Waals surface area contributed by atoms with Gasteiger partial charge in [-0.25, -0.2) is 0 Å². The zero-order valence-corrected chi connectivity index (χ0v) is 28.8. The molecule has 47 heavy (non-hydrogen) atoms. The highest BCUT2D eigenvalue weighted by atomic mass is 16.2. The van der Waals surface area contributed by atoms with Crippen LogP contribution in [0.1, 0.15) is 129 Å². The maximum Gasteiger partial charge on any atom is 0.194 e. The van der Waals surface area contributed by atoms with Crippen LogP contribution in [-0.2, 0) is 9.59 Å². The third-order valence-corrected chi connectivity index (χ3v) is 5.50. The van der Waals surface area contributed by atoms with Crippen LogP contribution >= 0.6 is 0 Å². The lowest BCUT2D eigenvalue weighted by molar-refractivity contribution is -0.113. The summed E-state index contributed by atoms with van der Waals surface area (Å²) in [6.07, 6.45) is 7.63. The molecular weight excluding hydrogens is 588 g/mol. The third-order valence-electron chi connectivity index (χ3n) is 5.50. The number of allylic oxidation sites excluding steroid dienone is 6. The van der Waals surface area contributed by atoms with Gasteiger partial charge in [-0.2, -0.15) is 0 Å². The number of carbonyl (C=O) groups excluding carboxylic acids is 6. The number of carbonyl (C=O) groups is 6. The van der Waals surface area contributed by atoms with E-state index >= 15 is 0 Å². The van der Waals surface area contributed by atoms with Gasteiger partial charge in [0.2, 0.25) is 0 Å². The Morgan fingerprint density at radius 3 is 0.702 bits per heavy atom. The SMILES string of the molecule is C.CC.CC.CC.CC.CC.O=C1C=CC(=O)C=C1.O=C1C=CC(=O)c2ccccc21.O=C1c2ccccc2C(=O)c2ccccc21. The summed E-state index contributed by atoms with van der Waals surface area (Å²) in [5.74, 6) is -0.554. The zero-order chi connectivity index (χ0) is 35.7. The van der Waals surface area contributed by atoms with Gasteiger partial charge in [-0.1, -0.05) is 149 Å². The Morgan fingerprint density at radius 1 is 0.298 bits per heavy atom. The Morgan fingerprint density at radius 2 is 0.489 bits per heavy atom. The lowest BCUT2D eigenvalue weighted by Gasteiger charge is -2.16. The predicted molar refractivity (Wildman–Crippen MR) is 196 cm³/mol. The van der Waals surface area contributed by atoms with Gasteiger partial charge in [0.05, 0.1) is 0 Å². The molecule has 0 saturated heterocycles. The van der Waals surface area contributed by atoms with Crippen molar-refractivity contribution in [2.24, 2.45) is 0 Å². The lowest BCUT2D eigenvalue weighted by atomic mass is 9.84. The molecule has 6 rings (SSSR count). The highest BCUT2D eigenvalue weighted by Crippen LogP contribution is 2.26. The average Bonchev–Trinajstić information content (AvgIpc) is 3.15. The Kier molecular flexibility index (Phi) is 26.8. The number of hydrogen-bond acceptors (Lipinski definition) is 6. The van der Waals surface area contributed by atoms with E-state index in [9.17, 15) is 28.8 Å². The number of benzene rings is 3. The highest BCUT2D eigenvalue weighted by Gasteiger charge is 2.28. The molecule has 0 heterocycles. The fourth-order valence-electron chi connectivity index (χ4n) is 3.73. The molecule has 6 heteroatoms. The molecule has 0 N–H and O–H groups in total. The summed E-state index contributed by atoms with van der Waals surface area (Å²) in [6.45, 7) is 20.0. The van der Waals surface area contributed by atoms with Gasteiger partial charge in [0.25, 0.3) is 0 Å². The van der Waals surface area contributed by atoms with E-state index in [1.165, 1.54) is 36.5 Å². The summed E-state index contributed by atoms with van der Waals surface area (Å²) in [5.41, 5.74) is 3.03. The van der Waals surface area contributed by atoms with E-state index in [0.717, 1.165) is 0 Å². The van der Waals surface area contributed by atoms with E-state index < -0.39 is 0 Å². The second-order valence-electron chi connectivity index (χ2n) is 7.83. The van der Waals surface area contributed by atoms with E-state index in [2.05, 4.69) is 0 Å². The Hall–Kier alpha value is -5.10. The molecule has 0 saturated carbocycles. The predicted octanol–water partition coefficient (Wildman–Crippen LogP) is 10.1. The maximum atomic E-state index is 12.1. The Balaban J connectivity index is -0.000000558. The van der Waals surface area contributed by atoms with Crippen molar-refractivity contribution in [3.8, 4) is 0 Å². The fraction of sp³-hybridized carbons (Fsp3) is 0.268. The number of ketones is 6. The molecular formula is C41H52O6. The molecule has 0 fully saturated rings. The van der Waals surface area contributed by atoms with Gasteiger partial charge in [0, 0.05) is 33.4 Å². The summed E-state index contributed by atoms with van der Waals surface area (Å²) < 4.78 is 0. The Labute approximate surface area is 282 Å². The molecule has 0 radical (unpaired) electrons. The van der Waals surface area contributed by atoms with Crippen LogP contribution in [0.5, 0.6) is 0 Å². The second kappa shape index (κ2) is 27.2. The van der Waals surface area contributed by atoms with Gasteiger partial charge in [-0.05, 0) is 36.5 Å². The number of fused-ring (bicyclic) bond motifs is 3. The fourth-order valence-corrected chi connectivity index (χ4v) is 3.73. The zero-order valence-electron chi connectivity index (χ0n) is 28.8. The van der Waals surface area contributed by atoms with Crippen molar-refractivity contribution in [1.29, 1.82) is 0 Å². The van der Waals surface area contributed by atoms with Gasteiger partial charge in [-0.3, -0.25) is 28.8 Å². The van der Waals surface area contributed by atoms with Crippen LogP contribution in [0.3, 0.4) is 0 Å². The number of hydrogen-bond donors (Lipinski definition) is 0. The molecule has 0 atom stereocenters. The van der Waals surface area contributed by atoms with E-state index in [4.69, 9.17) is 0 Å². The van der Waals surface area contributed by atoms with Crippen molar-refractivity contribution in [3.63, 3.8) is 0 Å². The van der Waals surface area contributed by atoms with Crippen molar-refractivity contribution in [2.45, 2.75) is 76.7 Å². The van der Waals surface area contributed by atoms with E-state index in [-0.39, 0.29) is 42.1 Å². The minimum atomic E-state index is -0.121. The normalized spacial score (nSPS) is 11.9. The molecule has 3 aliphatic carbocycles. The molecule has 3 aromatic rings. The minimum absolute atomic E-state index is 0. The molecule has 0 aliphatic heterocycles. The monoisotopic (exact) mass is 640 g/mol. The molecule has 3 aromatic carbocycles. The topological polar surface area (TPSA) is 102 Å². The maximum absolute atomic E-state index is 12.1. The Bertz CT molecular complexity index is 1360. The van der Waals surface area contributed by atoms with Gasteiger partial charge in [0.1, 0.15) is 0 Å². The standard InChI is InChI=1S/C14H8O2.C10H6O2.C6H4O2.5C2H6.CH4/c15-13-9-5-1-2-6-10(9)14(16)12-8-4-3-7-11(12)13;11-9-5-6-10(12)8-4-2-1-3-7(8)9;7-5-1-2-6(8)4-3-5;5*1-2;/h1-8H;1-6H;1-4H;5*1-2H3;1H4. The van der Waals surface area contributed by atoms with Crippen molar-refractivity contribution in [1.82, 2.24) is 0 Å². The van der Waals surface area contributed by atoms with Crippen molar-refractivity contribution >= 4 is 34.7 Å². The molecule has 0 unspecified atom stereocenters. The lowest BCUT2D eigenvalue weighted by Crippen LogP contribution is -2.20. The van der Waals surface area contributed by atoms with Crippen molar-refractivity contribution in [2.75, 3.05) is 0 Å². The van der Waals surface area contributed by atoms with Crippen molar-refractivity contribution < 1.29 is 28.8 Å². The van der Waals surface area contributed by atoms with E-state index in [0.29, 0.717) is 33.4 Å². The largest absolute Gasteiger partial charge is 0.290 e. The van der Waals surface area contributed by atoms with Crippen LogP contribution in [0.4, 0.5) is 0 Å². The van der Waals surface area contributed by atoms with Crippen LogP contribution in [0.2, 0.25) is 0 Å². The highest BCUT2D eigenvalue weighted by molar-refractivity contribution is 6.28. The van der Waals surface area contributed by atoms with Gasteiger partial charge >= 0.3 is 0 Å². The molecule has 0 amide bonds. The smallest absolute Gasteiger partial charge is 0.194 e. The van der Waals surface area contributed by atoms with Crippen LogP contribution in [0, 0.1) is 0 Å². The molecule has 0 aromatic heterocycles. The van der Waals surface area contributed by atoms with Gasteiger partial charge in [0.15, 0.2) is 34.7 Å². The average molecular weight is 641 g/mol. The van der Waals surface area contributed by atoms with E-state index in [1.54, 1.807) is 72.8 Å². The third kappa shape index (κ3) is 13.8. The first-order valence-corrected chi connectivity index (χ1v) is 15.9. The summed E-state index contributed by atoms with van der Waals surface area (Å²) in [6, 6.07) is 20.7. The first-order chi connectivity index (χ1) is 22.4. The molecule has 3 aliphatic rings. The quantitative estimate of drug-likeness (QED) is 0.177. The summed E-state index contributed by atoms with van der Waals surface area (Å²) in [5, 5.41) is 0. The van der Waals surface area contributed by atoms with Crippen LogP contribution in [0.25, 0.3) is 0 Å². The molecule has 6 nitrogen and oxygen atoms in total. The van der Waals surface area contributed by atoms with Gasteiger partial charge < -0.3 is 0 Å². The van der Waals surface area contributed by atoms with Crippen LogP contribution < -0.4 is 0 Å². The first-order valence-electron chi connectivity index (χ1n) is 15.9. The van der Waals surface area contributed by atoms with Crippen LogP contribution in [-0.4, -0.2) is 34.7 Å². The molecule has 252 valence electrons. The van der Waals surface area contributed by atoms with Crippen LogP contribution in [0.15, 0.2) is 109 Å². The first kappa shape index (κ1) is 46.3. The number of rotatable bonds is 0. The van der Waals surface area contributed by atoms with Crippen molar-refractivity contribution in [3.05, 3.63) is 143 Å². The van der Waals surface area contributed by atoms with E-state index in [1.807, 2.05) is 69.2 Å². The summed E-state index contributed by atoms with van der Waals surface area (Å²) in [4.78, 5) is 67.2. The van der Waals surface area contributed by atoms with Gasteiger partial charge in [-0.15, -0.1) is 0 Å². The molecule has 0 spiro atoms.